The van der Waals surface area contributed by atoms with Crippen LogP contribution < -0.4 is 9.62 Å². The SMILES string of the molecule is Cc1ccc(N(CC(=O)N(Cc2ccc(Br)cc2)C(Cc2ccccc2)C(=O)NC(C)(C)C)S(=O)(=O)c2ccccc2)c(C)c1. The summed E-state index contributed by atoms with van der Waals surface area (Å²) < 4.78 is 30.4. The van der Waals surface area contributed by atoms with Gasteiger partial charge in [0.25, 0.3) is 10.0 Å². The van der Waals surface area contributed by atoms with Crippen LogP contribution in [0.2, 0.25) is 0 Å². The second-order valence-electron chi connectivity index (χ2n) is 12.2. The van der Waals surface area contributed by atoms with Gasteiger partial charge >= 0.3 is 0 Å². The lowest BCUT2D eigenvalue weighted by atomic mass is 10.0. The van der Waals surface area contributed by atoms with Gasteiger partial charge in [-0.2, -0.15) is 0 Å². The maximum absolute atomic E-state index is 14.6. The molecule has 0 aromatic heterocycles. The first-order chi connectivity index (χ1) is 21.2. The van der Waals surface area contributed by atoms with Gasteiger partial charge in [0.1, 0.15) is 12.6 Å². The Balaban J connectivity index is 1.83. The van der Waals surface area contributed by atoms with Gasteiger partial charge < -0.3 is 10.2 Å². The molecule has 0 saturated heterocycles. The summed E-state index contributed by atoms with van der Waals surface area (Å²) in [6.07, 6.45) is 0.250. The van der Waals surface area contributed by atoms with Crippen molar-refractivity contribution in [2.45, 2.75) is 64.1 Å². The molecule has 4 rings (SSSR count). The molecule has 4 aromatic carbocycles. The Kier molecular flexibility index (Phi) is 10.9. The molecular weight excluding hydrogens is 650 g/mol. The van der Waals surface area contributed by atoms with Crippen molar-refractivity contribution in [3.05, 3.63) is 130 Å². The summed E-state index contributed by atoms with van der Waals surface area (Å²) >= 11 is 3.47. The molecule has 4 aromatic rings. The third-order valence-electron chi connectivity index (χ3n) is 7.27. The lowest BCUT2D eigenvalue weighted by Crippen LogP contribution is -2.56. The fraction of sp³-hybridized carbons (Fsp3) is 0.278. The Morgan fingerprint density at radius 3 is 2.00 bits per heavy atom. The molecule has 0 radical (unpaired) electrons. The number of nitrogens with zero attached hydrogens (tertiary/aromatic N) is 2. The molecule has 2 amide bonds. The van der Waals surface area contributed by atoms with Gasteiger partial charge in [0, 0.05) is 23.0 Å². The fourth-order valence-corrected chi connectivity index (χ4v) is 6.88. The fourth-order valence-electron chi connectivity index (χ4n) is 5.11. The molecule has 45 heavy (non-hydrogen) atoms. The highest BCUT2D eigenvalue weighted by molar-refractivity contribution is 9.10. The zero-order valence-electron chi connectivity index (χ0n) is 26.3. The van der Waals surface area contributed by atoms with Gasteiger partial charge in [-0.15, -0.1) is 0 Å². The van der Waals surface area contributed by atoms with Gasteiger partial charge in [-0.25, -0.2) is 8.42 Å². The number of amides is 2. The van der Waals surface area contributed by atoms with Crippen molar-refractivity contribution in [3.8, 4) is 0 Å². The van der Waals surface area contributed by atoms with Crippen LogP contribution in [0.15, 0.2) is 112 Å². The summed E-state index contributed by atoms with van der Waals surface area (Å²) in [5.74, 6) is -0.816. The summed E-state index contributed by atoms with van der Waals surface area (Å²) in [5.41, 5.74) is 3.21. The van der Waals surface area contributed by atoms with Crippen LogP contribution in [0.3, 0.4) is 0 Å². The van der Waals surface area contributed by atoms with Crippen LogP contribution in [0.5, 0.6) is 0 Å². The average molecular weight is 691 g/mol. The van der Waals surface area contributed by atoms with Crippen molar-refractivity contribution in [1.82, 2.24) is 10.2 Å². The molecule has 1 atom stereocenters. The molecule has 1 unspecified atom stereocenters. The Bertz CT molecular complexity index is 1720. The molecule has 9 heteroatoms. The Morgan fingerprint density at radius 1 is 0.822 bits per heavy atom. The largest absolute Gasteiger partial charge is 0.350 e. The standard InChI is InChI=1S/C36H40BrN3O4S/c1-26-16-21-32(27(2)22-26)40(45(43,44)31-14-10-7-11-15-31)25-34(41)39(24-29-17-19-30(37)20-18-29)33(35(42)38-36(3,4)5)23-28-12-8-6-9-13-28/h6-22,33H,23-25H2,1-5H3,(H,38,42). The van der Waals surface area contributed by atoms with E-state index in [1.54, 1.807) is 24.3 Å². The molecule has 0 aliphatic carbocycles. The van der Waals surface area contributed by atoms with Gasteiger partial charge in [0.05, 0.1) is 10.6 Å². The first kappa shape index (κ1) is 33.9. The molecule has 0 spiro atoms. The highest BCUT2D eigenvalue weighted by Crippen LogP contribution is 2.28. The highest BCUT2D eigenvalue weighted by Gasteiger charge is 2.36. The quantitative estimate of drug-likeness (QED) is 0.187. The van der Waals surface area contributed by atoms with Crippen LogP contribution >= 0.6 is 15.9 Å². The van der Waals surface area contributed by atoms with Crippen molar-refractivity contribution in [1.29, 1.82) is 0 Å². The van der Waals surface area contributed by atoms with Crippen molar-refractivity contribution in [2.24, 2.45) is 0 Å². The van der Waals surface area contributed by atoms with Gasteiger partial charge in [-0.05, 0) is 81.6 Å². The molecule has 0 bridgehead atoms. The molecule has 0 saturated carbocycles. The van der Waals surface area contributed by atoms with E-state index in [9.17, 15) is 18.0 Å². The number of hydrogen-bond donors (Lipinski definition) is 1. The number of halogens is 1. The van der Waals surface area contributed by atoms with Crippen LogP contribution in [0, 0.1) is 13.8 Å². The number of aryl methyl sites for hydroxylation is 2. The number of hydrogen-bond acceptors (Lipinski definition) is 4. The molecular formula is C36H40BrN3O4S. The zero-order chi connectivity index (χ0) is 32.8. The van der Waals surface area contributed by atoms with Crippen LogP contribution in [0.1, 0.15) is 43.0 Å². The molecule has 0 aliphatic rings. The predicted octanol–water partition coefficient (Wildman–Crippen LogP) is 6.82. The van der Waals surface area contributed by atoms with Crippen molar-refractivity contribution < 1.29 is 18.0 Å². The van der Waals surface area contributed by atoms with Crippen molar-refractivity contribution in [2.75, 3.05) is 10.8 Å². The number of carbonyl (C=O) groups excluding carboxylic acids is 2. The number of benzene rings is 4. The number of nitrogens with one attached hydrogen (secondary N) is 1. The van der Waals surface area contributed by atoms with E-state index in [0.29, 0.717) is 11.3 Å². The van der Waals surface area contributed by atoms with E-state index < -0.39 is 34.1 Å². The minimum Gasteiger partial charge on any atom is -0.350 e. The topological polar surface area (TPSA) is 86.8 Å². The maximum Gasteiger partial charge on any atom is 0.264 e. The summed E-state index contributed by atoms with van der Waals surface area (Å²) in [6, 6.07) is 29.7. The third kappa shape index (κ3) is 9.05. The van der Waals surface area contributed by atoms with E-state index in [1.807, 2.05) is 101 Å². The van der Waals surface area contributed by atoms with Crippen molar-refractivity contribution >= 4 is 43.5 Å². The summed E-state index contributed by atoms with van der Waals surface area (Å²) in [5, 5.41) is 3.05. The van der Waals surface area contributed by atoms with E-state index in [1.165, 1.54) is 17.0 Å². The smallest absolute Gasteiger partial charge is 0.264 e. The maximum atomic E-state index is 14.6. The Hall–Kier alpha value is -3.95. The van der Waals surface area contributed by atoms with Gasteiger partial charge in [-0.1, -0.05) is 94.3 Å². The van der Waals surface area contributed by atoms with E-state index in [4.69, 9.17) is 0 Å². The first-order valence-corrected chi connectivity index (χ1v) is 17.0. The van der Waals surface area contributed by atoms with Gasteiger partial charge in [0.2, 0.25) is 11.8 Å². The van der Waals surface area contributed by atoms with Crippen molar-refractivity contribution in [3.63, 3.8) is 0 Å². The predicted molar refractivity (Wildman–Crippen MR) is 183 cm³/mol. The first-order valence-electron chi connectivity index (χ1n) is 14.8. The van der Waals surface area contributed by atoms with E-state index in [-0.39, 0.29) is 23.8 Å². The zero-order valence-corrected chi connectivity index (χ0v) is 28.7. The monoisotopic (exact) mass is 689 g/mol. The second-order valence-corrected chi connectivity index (χ2v) is 15.0. The van der Waals surface area contributed by atoms with Gasteiger partial charge in [0.15, 0.2) is 0 Å². The molecule has 0 heterocycles. The minimum atomic E-state index is -4.15. The van der Waals surface area contributed by atoms with Crippen LogP contribution in [0.25, 0.3) is 0 Å². The normalized spacial score (nSPS) is 12.3. The molecule has 7 nitrogen and oxygen atoms in total. The van der Waals surface area contributed by atoms with Gasteiger partial charge in [-0.3, -0.25) is 13.9 Å². The Morgan fingerprint density at radius 2 is 1.42 bits per heavy atom. The van der Waals surface area contributed by atoms with Crippen LogP contribution in [0.4, 0.5) is 5.69 Å². The van der Waals surface area contributed by atoms with E-state index >= 15 is 0 Å². The minimum absolute atomic E-state index is 0.0727. The lowest BCUT2D eigenvalue weighted by molar-refractivity contribution is -0.140. The van der Waals surface area contributed by atoms with Crippen LogP contribution in [-0.2, 0) is 32.6 Å². The van der Waals surface area contributed by atoms with E-state index in [2.05, 4.69) is 21.2 Å². The lowest BCUT2D eigenvalue weighted by Gasteiger charge is -2.35. The number of carbonyl (C=O) groups is 2. The average Bonchev–Trinajstić information content (AvgIpc) is 2.99. The van der Waals surface area contributed by atoms with Crippen LogP contribution in [-0.4, -0.2) is 43.3 Å². The molecule has 0 aliphatic heterocycles. The Labute approximate surface area is 275 Å². The molecule has 0 fully saturated rings. The molecule has 236 valence electrons. The second kappa shape index (κ2) is 14.4. The number of rotatable bonds is 11. The number of anilines is 1. The third-order valence-corrected chi connectivity index (χ3v) is 9.57. The summed E-state index contributed by atoms with van der Waals surface area (Å²) in [6.45, 7) is 9.03. The summed E-state index contributed by atoms with van der Waals surface area (Å²) in [7, 11) is -4.15. The van der Waals surface area contributed by atoms with E-state index in [0.717, 1.165) is 25.5 Å². The number of sulfonamides is 1. The molecule has 1 N–H and O–H groups in total. The summed E-state index contributed by atoms with van der Waals surface area (Å²) in [4.78, 5) is 30.1. The highest BCUT2D eigenvalue weighted by atomic mass is 79.9.